The standard InChI is InChI=1S/C24H22N2O4/c1-29-20-7-5-6-17(16-20)10-15-23(27)25-19-13-11-18(12-14-19)24(28)26-21-8-3-4-9-22(21)30-2/h3-16H,1-2H3,(H,25,27)(H,26,28)/b15-10+. The Morgan fingerprint density at radius 2 is 1.60 bits per heavy atom. The van der Waals surface area contributed by atoms with Gasteiger partial charge in [0.15, 0.2) is 0 Å². The molecule has 0 unspecified atom stereocenters. The maximum Gasteiger partial charge on any atom is 0.255 e. The lowest BCUT2D eigenvalue weighted by molar-refractivity contribution is -0.111. The monoisotopic (exact) mass is 402 g/mol. The van der Waals surface area contributed by atoms with Crippen molar-refractivity contribution in [3.63, 3.8) is 0 Å². The van der Waals surface area contributed by atoms with Crippen molar-refractivity contribution in [2.45, 2.75) is 0 Å². The van der Waals surface area contributed by atoms with Gasteiger partial charge in [0, 0.05) is 17.3 Å². The van der Waals surface area contributed by atoms with Crippen molar-refractivity contribution in [2.75, 3.05) is 24.9 Å². The number of carbonyl (C=O) groups excluding carboxylic acids is 2. The molecule has 0 fully saturated rings. The molecule has 0 aromatic heterocycles. The van der Waals surface area contributed by atoms with Crippen molar-refractivity contribution in [3.05, 3.63) is 90.0 Å². The highest BCUT2D eigenvalue weighted by atomic mass is 16.5. The number of methoxy groups -OCH3 is 2. The third kappa shape index (κ3) is 5.48. The summed E-state index contributed by atoms with van der Waals surface area (Å²) in [5, 5.41) is 5.58. The fraction of sp³-hybridized carbons (Fsp3) is 0.0833. The minimum absolute atomic E-state index is 0.268. The maximum absolute atomic E-state index is 12.5. The van der Waals surface area contributed by atoms with Crippen LogP contribution in [0.4, 0.5) is 11.4 Å². The van der Waals surface area contributed by atoms with E-state index in [1.54, 1.807) is 56.7 Å². The Hall–Kier alpha value is -4.06. The van der Waals surface area contributed by atoms with Crippen molar-refractivity contribution < 1.29 is 19.1 Å². The summed E-state index contributed by atoms with van der Waals surface area (Å²) in [7, 11) is 3.14. The van der Waals surface area contributed by atoms with Gasteiger partial charge in [0.2, 0.25) is 5.91 Å². The molecule has 0 saturated heterocycles. The van der Waals surface area contributed by atoms with Gasteiger partial charge in [-0.3, -0.25) is 9.59 Å². The second-order valence-corrected chi connectivity index (χ2v) is 6.33. The van der Waals surface area contributed by atoms with Crippen molar-refractivity contribution in [3.8, 4) is 11.5 Å². The lowest BCUT2D eigenvalue weighted by Crippen LogP contribution is -2.13. The van der Waals surface area contributed by atoms with Crippen LogP contribution in [0.5, 0.6) is 11.5 Å². The van der Waals surface area contributed by atoms with Gasteiger partial charge < -0.3 is 20.1 Å². The van der Waals surface area contributed by atoms with Crippen LogP contribution in [-0.2, 0) is 4.79 Å². The van der Waals surface area contributed by atoms with Crippen molar-refractivity contribution in [2.24, 2.45) is 0 Å². The number of para-hydroxylation sites is 2. The average Bonchev–Trinajstić information content (AvgIpc) is 2.78. The van der Waals surface area contributed by atoms with E-state index >= 15 is 0 Å². The summed E-state index contributed by atoms with van der Waals surface area (Å²) >= 11 is 0. The molecule has 0 aliphatic carbocycles. The lowest BCUT2D eigenvalue weighted by atomic mass is 10.1. The van der Waals surface area contributed by atoms with Crippen LogP contribution in [0.25, 0.3) is 6.08 Å². The zero-order valence-corrected chi connectivity index (χ0v) is 16.7. The summed E-state index contributed by atoms with van der Waals surface area (Å²) in [5.41, 5.74) is 2.49. The molecule has 2 N–H and O–H groups in total. The van der Waals surface area contributed by atoms with E-state index in [9.17, 15) is 9.59 Å². The van der Waals surface area contributed by atoms with Crippen LogP contribution < -0.4 is 20.1 Å². The van der Waals surface area contributed by atoms with E-state index in [0.717, 1.165) is 11.3 Å². The predicted molar refractivity (Wildman–Crippen MR) is 118 cm³/mol. The first kappa shape index (κ1) is 20.7. The number of amides is 2. The third-order valence-electron chi connectivity index (χ3n) is 4.29. The Labute approximate surface area is 175 Å². The van der Waals surface area contributed by atoms with Crippen molar-refractivity contribution in [1.29, 1.82) is 0 Å². The number of ether oxygens (including phenoxy) is 2. The minimum atomic E-state index is -0.274. The molecule has 6 nitrogen and oxygen atoms in total. The molecule has 0 radical (unpaired) electrons. The molecule has 3 aromatic rings. The van der Waals surface area contributed by atoms with Crippen LogP contribution in [0.15, 0.2) is 78.9 Å². The summed E-state index contributed by atoms with van der Waals surface area (Å²) in [6.07, 6.45) is 3.14. The highest BCUT2D eigenvalue weighted by molar-refractivity contribution is 6.06. The summed E-state index contributed by atoms with van der Waals surface area (Å²) in [5.74, 6) is 0.761. The highest BCUT2D eigenvalue weighted by Crippen LogP contribution is 2.24. The first-order chi connectivity index (χ1) is 14.6. The fourth-order valence-corrected chi connectivity index (χ4v) is 2.75. The summed E-state index contributed by atoms with van der Waals surface area (Å²) < 4.78 is 10.4. The number of hydrogen-bond donors (Lipinski definition) is 2. The van der Waals surface area contributed by atoms with Gasteiger partial charge in [-0.25, -0.2) is 0 Å². The molecule has 0 heterocycles. The largest absolute Gasteiger partial charge is 0.497 e. The van der Waals surface area contributed by atoms with Crippen LogP contribution in [0, 0.1) is 0 Å². The topological polar surface area (TPSA) is 76.7 Å². The number of hydrogen-bond acceptors (Lipinski definition) is 4. The maximum atomic E-state index is 12.5. The molecular formula is C24H22N2O4. The Morgan fingerprint density at radius 1 is 0.833 bits per heavy atom. The van der Waals surface area contributed by atoms with Gasteiger partial charge in [0.25, 0.3) is 5.91 Å². The van der Waals surface area contributed by atoms with Gasteiger partial charge >= 0.3 is 0 Å². The van der Waals surface area contributed by atoms with E-state index in [2.05, 4.69) is 10.6 Å². The molecule has 2 amide bonds. The van der Waals surface area contributed by atoms with E-state index in [1.165, 1.54) is 6.08 Å². The van der Waals surface area contributed by atoms with Crippen LogP contribution in [0.3, 0.4) is 0 Å². The summed E-state index contributed by atoms with van der Waals surface area (Å²) in [6, 6.07) is 21.2. The molecule has 0 bridgehead atoms. The van der Waals surface area contributed by atoms with Crippen molar-refractivity contribution in [1.82, 2.24) is 0 Å². The fourth-order valence-electron chi connectivity index (χ4n) is 2.75. The lowest BCUT2D eigenvalue weighted by Gasteiger charge is -2.10. The number of rotatable bonds is 7. The number of nitrogens with one attached hydrogen (secondary N) is 2. The molecule has 0 aliphatic heterocycles. The Bertz CT molecular complexity index is 1060. The summed E-state index contributed by atoms with van der Waals surface area (Å²) in [6.45, 7) is 0. The van der Waals surface area contributed by atoms with Crippen LogP contribution in [-0.4, -0.2) is 26.0 Å². The van der Waals surface area contributed by atoms with Gasteiger partial charge in [0.05, 0.1) is 19.9 Å². The van der Waals surface area contributed by atoms with E-state index in [1.807, 2.05) is 36.4 Å². The van der Waals surface area contributed by atoms with Crippen molar-refractivity contribution >= 4 is 29.3 Å². The Morgan fingerprint density at radius 3 is 2.33 bits per heavy atom. The molecule has 0 saturated carbocycles. The first-order valence-corrected chi connectivity index (χ1v) is 9.26. The number of benzene rings is 3. The number of anilines is 2. The SMILES string of the molecule is COc1cccc(/C=C/C(=O)Nc2ccc(C(=O)Nc3ccccc3OC)cc2)c1. The van der Waals surface area contributed by atoms with Gasteiger partial charge in [0.1, 0.15) is 11.5 Å². The molecular weight excluding hydrogens is 380 g/mol. The average molecular weight is 402 g/mol. The highest BCUT2D eigenvalue weighted by Gasteiger charge is 2.09. The van der Waals surface area contributed by atoms with E-state index in [4.69, 9.17) is 9.47 Å². The smallest absolute Gasteiger partial charge is 0.255 e. The van der Waals surface area contributed by atoms with E-state index < -0.39 is 0 Å². The van der Waals surface area contributed by atoms with E-state index in [-0.39, 0.29) is 11.8 Å². The van der Waals surface area contributed by atoms with Crippen LogP contribution in [0.1, 0.15) is 15.9 Å². The van der Waals surface area contributed by atoms with Crippen LogP contribution >= 0.6 is 0 Å². The molecule has 152 valence electrons. The molecule has 0 spiro atoms. The van der Waals surface area contributed by atoms with Gasteiger partial charge in [-0.15, -0.1) is 0 Å². The molecule has 30 heavy (non-hydrogen) atoms. The van der Waals surface area contributed by atoms with Gasteiger partial charge in [-0.1, -0.05) is 24.3 Å². The van der Waals surface area contributed by atoms with Gasteiger partial charge in [-0.05, 0) is 60.2 Å². The molecule has 0 atom stereocenters. The third-order valence-corrected chi connectivity index (χ3v) is 4.29. The first-order valence-electron chi connectivity index (χ1n) is 9.26. The second kappa shape index (κ2) is 9.93. The van der Waals surface area contributed by atoms with E-state index in [0.29, 0.717) is 22.7 Å². The number of carbonyl (C=O) groups is 2. The minimum Gasteiger partial charge on any atom is -0.497 e. The van der Waals surface area contributed by atoms with Crippen LogP contribution in [0.2, 0.25) is 0 Å². The zero-order valence-electron chi connectivity index (χ0n) is 16.7. The quantitative estimate of drug-likeness (QED) is 0.566. The zero-order chi connectivity index (χ0) is 21.3. The molecule has 0 aliphatic rings. The summed E-state index contributed by atoms with van der Waals surface area (Å²) in [4.78, 5) is 24.6. The molecule has 3 rings (SSSR count). The predicted octanol–water partition coefficient (Wildman–Crippen LogP) is 4.61. The molecule has 6 heteroatoms. The normalized spacial score (nSPS) is 10.5. The Kier molecular flexibility index (Phi) is 6.84. The van der Waals surface area contributed by atoms with Gasteiger partial charge in [-0.2, -0.15) is 0 Å². The molecule has 3 aromatic carbocycles. The Balaban J connectivity index is 1.60. The second-order valence-electron chi connectivity index (χ2n) is 6.33.